The Morgan fingerprint density at radius 2 is 1.87 bits per heavy atom. The van der Waals surface area contributed by atoms with E-state index in [-0.39, 0.29) is 11.9 Å². The number of hydrogen-bond donors (Lipinski definition) is 1. The SMILES string of the molecule is CC1=C(c2nccn2C(C)C)[C@@H](c2ccc(Cl)c(Cl)c2)n2nc(C(F)(F)F)cc2N1. The van der Waals surface area contributed by atoms with Gasteiger partial charge in [-0.25, -0.2) is 9.67 Å². The minimum Gasteiger partial charge on any atom is -0.344 e. The summed E-state index contributed by atoms with van der Waals surface area (Å²) < 4.78 is 43.4. The Balaban J connectivity index is 1.97. The Morgan fingerprint density at radius 3 is 2.50 bits per heavy atom. The molecule has 1 N–H and O–H groups in total. The van der Waals surface area contributed by atoms with Crippen LogP contribution >= 0.6 is 23.2 Å². The highest BCUT2D eigenvalue weighted by atomic mass is 35.5. The molecule has 1 aliphatic heterocycles. The lowest BCUT2D eigenvalue weighted by Gasteiger charge is -2.31. The van der Waals surface area contributed by atoms with Crippen molar-refractivity contribution in [2.24, 2.45) is 0 Å². The van der Waals surface area contributed by atoms with Crippen LogP contribution in [0.4, 0.5) is 19.0 Å². The van der Waals surface area contributed by atoms with Crippen molar-refractivity contribution >= 4 is 34.6 Å². The van der Waals surface area contributed by atoms with Crippen molar-refractivity contribution in [3.8, 4) is 0 Å². The summed E-state index contributed by atoms with van der Waals surface area (Å²) in [5, 5.41) is 7.60. The van der Waals surface area contributed by atoms with Crippen LogP contribution in [0.3, 0.4) is 0 Å². The normalized spacial score (nSPS) is 16.8. The van der Waals surface area contributed by atoms with E-state index in [0.717, 1.165) is 6.07 Å². The van der Waals surface area contributed by atoms with E-state index >= 15 is 0 Å². The number of nitrogens with one attached hydrogen (secondary N) is 1. The molecule has 1 aliphatic rings. The summed E-state index contributed by atoms with van der Waals surface area (Å²) >= 11 is 12.3. The number of halogens is 5. The quantitative estimate of drug-likeness (QED) is 0.494. The number of imidazole rings is 1. The van der Waals surface area contributed by atoms with E-state index < -0.39 is 17.9 Å². The molecule has 0 amide bonds. The second-order valence-corrected chi connectivity index (χ2v) is 8.16. The second-order valence-electron chi connectivity index (χ2n) is 7.35. The second kappa shape index (κ2) is 7.35. The molecule has 5 nitrogen and oxygen atoms in total. The molecule has 0 radical (unpaired) electrons. The summed E-state index contributed by atoms with van der Waals surface area (Å²) in [6, 6.07) is 5.43. The molecule has 1 atom stereocenters. The smallest absolute Gasteiger partial charge is 0.344 e. The molecule has 0 aliphatic carbocycles. The number of fused-ring (bicyclic) bond motifs is 1. The van der Waals surface area contributed by atoms with E-state index in [0.29, 0.717) is 32.7 Å². The molecule has 158 valence electrons. The van der Waals surface area contributed by atoms with Crippen molar-refractivity contribution < 1.29 is 13.2 Å². The third-order valence-corrected chi connectivity index (χ3v) is 5.73. The number of allylic oxidation sites excluding steroid dienone is 2. The first-order valence-corrected chi connectivity index (χ1v) is 9.96. The monoisotopic (exact) mass is 455 g/mol. The van der Waals surface area contributed by atoms with Crippen LogP contribution in [0.1, 0.15) is 49.9 Å². The van der Waals surface area contributed by atoms with Crippen molar-refractivity contribution in [2.75, 3.05) is 5.32 Å². The summed E-state index contributed by atoms with van der Waals surface area (Å²) in [5.74, 6) is 0.878. The molecule has 10 heteroatoms. The van der Waals surface area contributed by atoms with Gasteiger partial charge in [-0.1, -0.05) is 29.3 Å². The standard InChI is InChI=1S/C20H18Cl2F3N5/c1-10(2)29-7-6-26-19(29)17-11(3)27-16-9-15(20(23,24)25)28-30(16)18(17)12-4-5-13(21)14(22)8-12/h4-10,18,27H,1-3H3/t18-/m1/s1. The van der Waals surface area contributed by atoms with Crippen molar-refractivity contribution in [3.05, 3.63) is 69.5 Å². The maximum Gasteiger partial charge on any atom is 0.435 e. The van der Waals surface area contributed by atoms with Crippen LogP contribution in [0, 0.1) is 0 Å². The fourth-order valence-corrected chi connectivity index (χ4v) is 3.94. The molecule has 4 rings (SSSR count). The van der Waals surface area contributed by atoms with Gasteiger partial charge in [-0.05, 0) is 38.5 Å². The molecule has 0 saturated heterocycles. The predicted octanol–water partition coefficient (Wildman–Crippen LogP) is 6.43. The lowest BCUT2D eigenvalue weighted by molar-refractivity contribution is -0.141. The van der Waals surface area contributed by atoms with Crippen LogP contribution in [0.25, 0.3) is 5.57 Å². The number of aromatic nitrogens is 4. The highest BCUT2D eigenvalue weighted by Gasteiger charge is 2.39. The largest absolute Gasteiger partial charge is 0.435 e. The van der Waals surface area contributed by atoms with Crippen LogP contribution in [-0.4, -0.2) is 19.3 Å². The van der Waals surface area contributed by atoms with Crippen LogP contribution in [-0.2, 0) is 6.18 Å². The van der Waals surface area contributed by atoms with Crippen molar-refractivity contribution in [2.45, 2.75) is 39.0 Å². The average molecular weight is 456 g/mol. The zero-order valence-corrected chi connectivity index (χ0v) is 17.8. The van der Waals surface area contributed by atoms with E-state index in [2.05, 4.69) is 15.4 Å². The molecule has 1 aromatic carbocycles. The van der Waals surface area contributed by atoms with E-state index in [9.17, 15) is 13.2 Å². The van der Waals surface area contributed by atoms with Gasteiger partial charge in [0.15, 0.2) is 5.69 Å². The maximum atomic E-state index is 13.4. The van der Waals surface area contributed by atoms with Gasteiger partial charge in [0, 0.05) is 35.8 Å². The van der Waals surface area contributed by atoms with Gasteiger partial charge in [0.05, 0.1) is 10.0 Å². The van der Waals surface area contributed by atoms with Gasteiger partial charge < -0.3 is 9.88 Å². The topological polar surface area (TPSA) is 47.7 Å². The maximum absolute atomic E-state index is 13.4. The number of alkyl halides is 3. The van der Waals surface area contributed by atoms with Gasteiger partial charge in [-0.2, -0.15) is 18.3 Å². The fourth-order valence-electron chi connectivity index (χ4n) is 3.63. The third-order valence-electron chi connectivity index (χ3n) is 4.99. The Bertz CT molecular complexity index is 1140. The molecule has 0 saturated carbocycles. The summed E-state index contributed by atoms with van der Waals surface area (Å²) in [4.78, 5) is 4.50. The van der Waals surface area contributed by atoms with E-state index in [4.69, 9.17) is 23.2 Å². The van der Waals surface area contributed by atoms with Gasteiger partial charge in [0.2, 0.25) is 0 Å². The Morgan fingerprint density at radius 1 is 1.13 bits per heavy atom. The van der Waals surface area contributed by atoms with Gasteiger partial charge in [0.25, 0.3) is 0 Å². The minimum atomic E-state index is -4.57. The van der Waals surface area contributed by atoms with Crippen molar-refractivity contribution in [1.29, 1.82) is 0 Å². The molecule has 3 aromatic rings. The third kappa shape index (κ3) is 3.48. The summed E-state index contributed by atoms with van der Waals surface area (Å²) in [6.07, 6.45) is -1.06. The van der Waals surface area contributed by atoms with Crippen molar-refractivity contribution in [3.63, 3.8) is 0 Å². The van der Waals surface area contributed by atoms with E-state index in [1.54, 1.807) is 24.4 Å². The molecule has 30 heavy (non-hydrogen) atoms. The van der Waals surface area contributed by atoms with Crippen LogP contribution in [0.2, 0.25) is 10.0 Å². The van der Waals surface area contributed by atoms with E-state index in [1.807, 2.05) is 31.5 Å². The van der Waals surface area contributed by atoms with Crippen LogP contribution in [0.15, 0.2) is 42.4 Å². The molecule has 0 unspecified atom stereocenters. The Kier molecular flexibility index (Phi) is 5.10. The first-order valence-electron chi connectivity index (χ1n) is 9.20. The van der Waals surface area contributed by atoms with Gasteiger partial charge >= 0.3 is 6.18 Å². The van der Waals surface area contributed by atoms with Gasteiger partial charge in [-0.15, -0.1) is 0 Å². The first kappa shape index (κ1) is 20.8. The molecular weight excluding hydrogens is 438 g/mol. The summed E-state index contributed by atoms with van der Waals surface area (Å²) in [5.41, 5.74) is 1.06. The molecule has 3 heterocycles. The van der Waals surface area contributed by atoms with Gasteiger partial charge in [-0.3, -0.25) is 0 Å². The van der Waals surface area contributed by atoms with Crippen LogP contribution in [0.5, 0.6) is 0 Å². The number of hydrogen-bond acceptors (Lipinski definition) is 3. The Labute approximate surface area is 181 Å². The number of nitrogens with zero attached hydrogens (tertiary/aromatic N) is 4. The lowest BCUT2D eigenvalue weighted by atomic mass is 9.94. The van der Waals surface area contributed by atoms with E-state index in [1.165, 1.54) is 4.68 Å². The average Bonchev–Trinajstić information content (AvgIpc) is 3.29. The number of benzene rings is 1. The first-order chi connectivity index (χ1) is 14.1. The van der Waals surface area contributed by atoms with Crippen molar-refractivity contribution in [1.82, 2.24) is 19.3 Å². The molecule has 0 spiro atoms. The molecular formula is C20H18Cl2F3N5. The highest BCUT2D eigenvalue weighted by molar-refractivity contribution is 6.42. The number of anilines is 1. The summed E-state index contributed by atoms with van der Waals surface area (Å²) in [6.45, 7) is 5.82. The summed E-state index contributed by atoms with van der Waals surface area (Å²) in [7, 11) is 0. The lowest BCUT2D eigenvalue weighted by Crippen LogP contribution is -2.25. The zero-order valence-electron chi connectivity index (χ0n) is 16.3. The molecule has 2 aromatic heterocycles. The minimum absolute atomic E-state index is 0.0991. The molecule has 0 bridgehead atoms. The van der Waals surface area contributed by atoms with Crippen LogP contribution < -0.4 is 5.32 Å². The zero-order chi connectivity index (χ0) is 21.8. The van der Waals surface area contributed by atoms with Gasteiger partial charge in [0.1, 0.15) is 17.7 Å². The molecule has 0 fully saturated rings. The Hall–Kier alpha value is -2.45. The highest BCUT2D eigenvalue weighted by Crippen LogP contribution is 2.44. The number of rotatable bonds is 3. The predicted molar refractivity (Wildman–Crippen MR) is 111 cm³/mol. The fraction of sp³-hybridized carbons (Fsp3) is 0.300.